The smallest absolute Gasteiger partial charge is 0.370 e. The van der Waals surface area contributed by atoms with Gasteiger partial charge in [-0.15, -0.1) is 11.3 Å². The normalized spacial score (nSPS) is 24.2. The van der Waals surface area contributed by atoms with Gasteiger partial charge in [0.2, 0.25) is 29.5 Å². The molecule has 7 aliphatic rings. The van der Waals surface area contributed by atoms with Crippen LogP contribution in [0.4, 0.5) is 61.5 Å². The van der Waals surface area contributed by atoms with Crippen LogP contribution < -0.4 is 34.0 Å². The van der Waals surface area contributed by atoms with Crippen molar-refractivity contribution in [3.8, 4) is 6.07 Å². The molecule has 2 saturated carbocycles. The largest absolute Gasteiger partial charge is 0.416 e. The number of nitrogens with zero attached hydrogens (tertiary/aromatic N) is 10. The number of benzene rings is 9. The first-order chi connectivity index (χ1) is 62.9. The summed E-state index contributed by atoms with van der Waals surface area (Å²) < 4.78 is 190. The molecule has 6 heterocycles. The van der Waals surface area contributed by atoms with Crippen LogP contribution in [0, 0.1) is 46.2 Å². The summed E-state index contributed by atoms with van der Waals surface area (Å²) >= 11 is 1.22. The average molecular weight is 1870 g/mol. The molecule has 698 valence electrons. The molecule has 2 fully saturated rings. The quantitative estimate of drug-likeness (QED) is 0.0589. The molecule has 5 aliphatic heterocycles. The monoisotopic (exact) mass is 1870 g/mol. The van der Waals surface area contributed by atoms with E-state index in [9.17, 15) is 85.4 Å². The van der Waals surface area contributed by atoms with E-state index in [0.717, 1.165) is 113 Å². The maximum absolute atomic E-state index is 14.5. The van der Waals surface area contributed by atoms with Gasteiger partial charge in [0.05, 0.1) is 51.8 Å². The molecule has 10 atom stereocenters. The first kappa shape index (κ1) is 97.4. The fourth-order valence-electron chi connectivity index (χ4n) is 17.6. The van der Waals surface area contributed by atoms with Crippen molar-refractivity contribution in [2.24, 2.45) is 53.6 Å². The summed E-state index contributed by atoms with van der Waals surface area (Å²) in [4.78, 5) is 92.7. The van der Waals surface area contributed by atoms with Crippen molar-refractivity contribution < 1.29 is 85.4 Å². The van der Waals surface area contributed by atoms with Gasteiger partial charge in [-0.25, -0.2) is 60.1 Å². The molecule has 5 amide bonds. The van der Waals surface area contributed by atoms with Gasteiger partial charge in [0.15, 0.2) is 29.8 Å². The lowest BCUT2D eigenvalue weighted by Gasteiger charge is -2.41. The van der Waals surface area contributed by atoms with Gasteiger partial charge in [-0.3, -0.25) is 48.9 Å². The molecular weight excluding hydrogens is 1780 g/mol. The minimum Gasteiger partial charge on any atom is -0.370 e. The van der Waals surface area contributed by atoms with Crippen molar-refractivity contribution in [1.82, 2.24) is 24.9 Å². The zero-order valence-corrected chi connectivity index (χ0v) is 74.6. The minimum absolute atomic E-state index is 0.0163. The van der Waals surface area contributed by atoms with Gasteiger partial charge in [-0.2, -0.15) is 31.6 Å². The van der Waals surface area contributed by atoms with Gasteiger partial charge in [0, 0.05) is 45.6 Å². The summed E-state index contributed by atoms with van der Waals surface area (Å²) in [5.74, 6) is -12.7. The number of nitriles is 1. The number of thiophene rings is 1. The van der Waals surface area contributed by atoms with Crippen LogP contribution in [0.25, 0.3) is 0 Å². The number of carbonyl (C=O) groups excluding carboxylic acids is 5. The Morgan fingerprint density at radius 2 is 0.657 bits per heavy atom. The highest BCUT2D eigenvalue weighted by Gasteiger charge is 2.55. The maximum Gasteiger partial charge on any atom is 0.416 e. The van der Waals surface area contributed by atoms with E-state index in [-0.39, 0.29) is 75.8 Å². The molecule has 11 N–H and O–H groups in total. The molecule has 1 unspecified atom stereocenters. The number of amides is 5. The van der Waals surface area contributed by atoms with Crippen LogP contribution in [-0.4, -0.2) is 107 Å². The van der Waals surface area contributed by atoms with Crippen molar-refractivity contribution in [3.05, 3.63) is 341 Å². The molecule has 9 aromatic carbocycles. The van der Waals surface area contributed by atoms with Gasteiger partial charge in [-0.1, -0.05) is 133 Å². The number of hydrogen-bond acceptors (Lipinski definition) is 17. The molecule has 0 radical (unpaired) electrons. The number of nitrogens with one attached hydrogen (secondary N) is 1. The van der Waals surface area contributed by atoms with Crippen LogP contribution in [0.15, 0.2) is 243 Å². The topological polar surface area (TPSA) is 326 Å². The van der Waals surface area contributed by atoms with Crippen molar-refractivity contribution in [2.45, 2.75) is 155 Å². The van der Waals surface area contributed by atoms with Gasteiger partial charge in [0.25, 0.3) is 5.92 Å². The number of guanidine groups is 5. The Morgan fingerprint density at radius 3 is 0.948 bits per heavy atom. The summed E-state index contributed by atoms with van der Waals surface area (Å²) in [7, 11) is 5.90. The van der Waals surface area contributed by atoms with Gasteiger partial charge in [-0.05, 0) is 207 Å². The van der Waals surface area contributed by atoms with E-state index in [1.54, 1.807) is 57.4 Å². The van der Waals surface area contributed by atoms with E-state index in [1.807, 2.05) is 38.1 Å². The Morgan fingerprint density at radius 1 is 0.373 bits per heavy atom. The second-order valence-electron chi connectivity index (χ2n) is 34.5. The Hall–Kier alpha value is -14.1. The van der Waals surface area contributed by atoms with Crippen LogP contribution in [0.1, 0.15) is 196 Å². The Bertz CT molecular complexity index is 6050. The molecule has 21 nitrogen and oxygen atoms in total. The van der Waals surface area contributed by atoms with E-state index in [1.165, 1.54) is 134 Å². The summed E-state index contributed by atoms with van der Waals surface area (Å²) in [6.07, 6.45) is -4.21. The molecule has 134 heavy (non-hydrogen) atoms. The first-order valence-corrected chi connectivity index (χ1v) is 42.8. The van der Waals surface area contributed by atoms with Crippen molar-refractivity contribution in [3.63, 3.8) is 0 Å². The number of hydrogen-bond donors (Lipinski definition) is 6. The van der Waals surface area contributed by atoms with E-state index < -0.39 is 133 Å². The number of halogens is 14. The lowest BCUT2D eigenvalue weighted by atomic mass is 9.74. The number of carbonyl (C=O) groups is 5. The summed E-state index contributed by atoms with van der Waals surface area (Å²) in [5, 5.41) is 11.6. The van der Waals surface area contributed by atoms with Gasteiger partial charge in [0.1, 0.15) is 73.5 Å². The predicted molar refractivity (Wildman–Crippen MR) is 478 cm³/mol. The molecule has 0 saturated heterocycles. The zero-order chi connectivity index (χ0) is 97.8. The van der Waals surface area contributed by atoms with Crippen LogP contribution in [0.2, 0.25) is 0 Å². The number of rotatable bonds is 13. The summed E-state index contributed by atoms with van der Waals surface area (Å²) in [6, 6.07) is 54.0. The molecule has 10 aromatic rings. The number of nitrogens with two attached hydrogens (primary N) is 5. The fourth-order valence-corrected chi connectivity index (χ4v) is 18.5. The van der Waals surface area contributed by atoms with Crippen molar-refractivity contribution in [2.75, 3.05) is 28.2 Å². The molecule has 0 spiro atoms. The second kappa shape index (κ2) is 37.2. The average Bonchev–Trinajstić information content (AvgIpc) is 0.897. The third-order valence-corrected chi connectivity index (χ3v) is 26.5. The molecule has 17 rings (SSSR count). The van der Waals surface area contributed by atoms with Crippen LogP contribution in [0.3, 0.4) is 0 Å². The number of likely N-dealkylation sites (N-methyl/N-ethyl adjacent to an activating group) is 4. The number of alkyl halides is 8. The number of aliphatic imine (C=N–C) groups is 5. The lowest BCUT2D eigenvalue weighted by Crippen LogP contribution is -2.53. The molecule has 1 aromatic heterocycles. The third-order valence-electron chi connectivity index (χ3n) is 25.3. The van der Waals surface area contributed by atoms with Gasteiger partial charge >= 0.3 is 12.4 Å². The van der Waals surface area contributed by atoms with E-state index in [2.05, 4.69) is 60.6 Å². The van der Waals surface area contributed by atoms with Gasteiger partial charge < -0.3 is 28.7 Å². The lowest BCUT2D eigenvalue weighted by molar-refractivity contribution is -0.138. The van der Waals surface area contributed by atoms with E-state index in [0.29, 0.717) is 38.3 Å². The summed E-state index contributed by atoms with van der Waals surface area (Å²) in [6.45, 7) is 8.92. The highest BCUT2D eigenvalue weighted by Crippen LogP contribution is 2.53. The third kappa shape index (κ3) is 19.4. The Kier molecular flexibility index (Phi) is 27.0. The highest BCUT2D eigenvalue weighted by molar-refractivity contribution is 7.12. The second-order valence-corrected chi connectivity index (χ2v) is 35.6. The van der Waals surface area contributed by atoms with Crippen molar-refractivity contribution >= 4 is 70.7 Å². The molecule has 36 heteroatoms. The molecule has 2 aliphatic carbocycles. The minimum atomic E-state index is -4.56. The van der Waals surface area contributed by atoms with E-state index >= 15 is 0 Å². The van der Waals surface area contributed by atoms with Crippen LogP contribution in [-0.2, 0) is 69.9 Å². The predicted octanol–water partition coefficient (Wildman–Crippen LogP) is 17.7. The summed E-state index contributed by atoms with van der Waals surface area (Å²) in [5.41, 5.74) is 26.3. The highest BCUT2D eigenvalue weighted by atomic mass is 32.1. The van der Waals surface area contributed by atoms with Crippen LogP contribution in [0.5, 0.6) is 0 Å². The molecular formula is C98H92F14N16O5S. The zero-order valence-electron chi connectivity index (χ0n) is 73.8. The molecule has 0 bridgehead atoms. The van der Waals surface area contributed by atoms with Crippen molar-refractivity contribution in [1.29, 1.82) is 5.26 Å². The SMILES string of the molecule is CC(F)(F)c1ccc(C2C(=O)NC(N)=N[C@]2(C)c2ccc(C#N)s2)cc1.CN1C(=O)[C@@H](c2ccc(C(F)(F)F)cc2)[C@@](C)(c2c(F)cccc2F)N=C1N.CN1C(=O)[C@@H](c2ccc(C3CC3)cc2)[C@@](C)(c2cccc(F)c2)N=C1N.CN1C(=O)[C@H](c2ccc(C(F)(F)F)cc2)[C@@](C)(c2c(F)cccc2F)N=C1N.CN1C(=O)[C@H](c2ccc(C3CC3)cc2)[C@@](C)(c2cccc(F)c2)N=C1N. The maximum atomic E-state index is 14.5. The Balaban J connectivity index is 0.000000142. The van der Waals surface area contributed by atoms with Crippen LogP contribution >= 0.6 is 11.3 Å². The fraction of sp³-hybridized carbons (Fsp3) is 0.296. The standard InChI is InChI=1S/2C21H22FN3O.2C19H16F5N3O.C18H16F2N4OS/c2*1-21(16-4-3-5-17(22)12-16)18(19(26)25(2)20(23)24-21)15-10-8-14(9-11-15)13-6-7-13;2*1-18(15-12(20)4-3-5-13(15)21)14(16(28)27(2)17(25)26-18)10-6-8-11(9-7-10)19(22,23)24;1-17(13-8-7-12(9-21)26-13)14(15(25)23-16(22)24-17)10-3-5-11(6-4-10)18(2,19)20/h2*3-5,8-13,18H,6-7H2,1-2H3,(H2,23,24);2*3-9,14H,1-2H3,(H2,25,26);3-8,14H,1-2H3,(H3,22,23,24,25)/t18-,21+;18-,21-;14-,18+;14-,18-;14?,17-/m01101/s1. The van der Waals surface area contributed by atoms with E-state index in [4.69, 9.17) is 33.9 Å². The first-order valence-electron chi connectivity index (χ1n) is 42.0. The Labute approximate surface area is 765 Å².